The molecule has 5 rings (SSSR count). The number of rotatable bonds is 8. The van der Waals surface area contributed by atoms with Gasteiger partial charge in [0, 0.05) is 5.56 Å². The molecular formula is C33H37FO4. The average molecular weight is 517 g/mol. The lowest BCUT2D eigenvalue weighted by molar-refractivity contribution is -0.141. The fourth-order valence-corrected chi connectivity index (χ4v) is 6.54. The Balaban J connectivity index is 1.45. The van der Waals surface area contributed by atoms with E-state index < -0.39 is 11.9 Å². The minimum absolute atomic E-state index is 0.0132. The van der Waals surface area contributed by atoms with Crippen molar-refractivity contribution in [2.75, 3.05) is 7.11 Å². The van der Waals surface area contributed by atoms with E-state index in [1.54, 1.807) is 26.2 Å². The molecule has 4 nitrogen and oxygen atoms in total. The average Bonchev–Trinajstić information content (AvgIpc) is 3.49. The van der Waals surface area contributed by atoms with E-state index in [2.05, 4.69) is 26.0 Å². The second kappa shape index (κ2) is 10.4. The summed E-state index contributed by atoms with van der Waals surface area (Å²) in [6.45, 7) is 6.78. The van der Waals surface area contributed by atoms with E-state index in [0.29, 0.717) is 23.8 Å². The summed E-state index contributed by atoms with van der Waals surface area (Å²) in [5, 5.41) is 9.53. The first-order valence-electron chi connectivity index (χ1n) is 13.6. The van der Waals surface area contributed by atoms with E-state index >= 15 is 4.39 Å². The lowest BCUT2D eigenvalue weighted by atomic mass is 9.75. The molecule has 200 valence electrons. The number of halogens is 1. The number of carboxylic acids is 1. The molecule has 1 fully saturated rings. The SMILES string of the molecule is COc1ccc(F)c(-c2ccc(COc3ccc4c(c3)[C@@H]([C@@H](C)C(=O)O)CC4)cc2[C@@H]2CCCC2(C)C)c1. The standard InChI is InChI=1S/C33H37FO4/c1-20(32(35)36)25-13-9-22-8-10-24(18-27(22)25)38-19-21-7-12-26(29-17-23(37-4)11-14-31(29)34)28(16-21)30-6-5-15-33(30,2)3/h7-8,10-12,14,16-18,20,25,30H,5-6,9,13,15,19H2,1-4H3,(H,35,36)/t20-,25-,30+/m1/s1. The van der Waals surface area contributed by atoms with E-state index in [-0.39, 0.29) is 17.2 Å². The van der Waals surface area contributed by atoms with Crippen molar-refractivity contribution in [3.8, 4) is 22.6 Å². The smallest absolute Gasteiger partial charge is 0.306 e. The van der Waals surface area contributed by atoms with E-state index in [4.69, 9.17) is 9.47 Å². The molecule has 0 heterocycles. The van der Waals surface area contributed by atoms with Crippen LogP contribution in [0, 0.1) is 17.2 Å². The Hall–Kier alpha value is -3.34. The van der Waals surface area contributed by atoms with Gasteiger partial charge in [0.15, 0.2) is 0 Å². The predicted octanol–water partition coefficient (Wildman–Crippen LogP) is 8.12. The Morgan fingerprint density at radius 3 is 2.53 bits per heavy atom. The van der Waals surface area contributed by atoms with Crippen molar-refractivity contribution in [2.45, 2.75) is 71.3 Å². The molecule has 0 saturated heterocycles. The zero-order valence-electron chi connectivity index (χ0n) is 22.7. The first-order chi connectivity index (χ1) is 18.2. The van der Waals surface area contributed by atoms with Crippen LogP contribution in [0.2, 0.25) is 0 Å². The molecule has 1 saturated carbocycles. The molecule has 38 heavy (non-hydrogen) atoms. The summed E-state index contributed by atoms with van der Waals surface area (Å²) < 4.78 is 26.7. The highest BCUT2D eigenvalue weighted by Gasteiger charge is 2.37. The van der Waals surface area contributed by atoms with Crippen LogP contribution in [0.1, 0.15) is 80.5 Å². The van der Waals surface area contributed by atoms with Gasteiger partial charge in [-0.1, -0.05) is 51.5 Å². The quantitative estimate of drug-likeness (QED) is 0.328. The van der Waals surface area contributed by atoms with Gasteiger partial charge in [0.05, 0.1) is 13.0 Å². The molecule has 2 aliphatic rings. The molecule has 0 unspecified atom stereocenters. The fourth-order valence-electron chi connectivity index (χ4n) is 6.54. The summed E-state index contributed by atoms with van der Waals surface area (Å²) in [6, 6.07) is 17.2. The first-order valence-corrected chi connectivity index (χ1v) is 13.6. The Morgan fingerprint density at radius 1 is 1.03 bits per heavy atom. The molecule has 0 aromatic heterocycles. The second-order valence-corrected chi connectivity index (χ2v) is 11.6. The van der Waals surface area contributed by atoms with Crippen LogP contribution in [0.3, 0.4) is 0 Å². The molecule has 1 N–H and O–H groups in total. The first kappa shape index (κ1) is 26.3. The van der Waals surface area contributed by atoms with Gasteiger partial charge in [-0.3, -0.25) is 4.79 Å². The lowest BCUT2D eigenvalue weighted by Gasteiger charge is -2.30. The third-order valence-corrected chi connectivity index (χ3v) is 8.85. The maximum absolute atomic E-state index is 15.1. The van der Waals surface area contributed by atoms with Crippen molar-refractivity contribution in [3.63, 3.8) is 0 Å². The molecule has 5 heteroatoms. The van der Waals surface area contributed by atoms with Gasteiger partial charge in [-0.2, -0.15) is 0 Å². The van der Waals surface area contributed by atoms with Crippen molar-refractivity contribution in [1.82, 2.24) is 0 Å². The summed E-state index contributed by atoms with van der Waals surface area (Å²) in [6.07, 6.45) is 5.13. The van der Waals surface area contributed by atoms with E-state index in [9.17, 15) is 9.90 Å². The number of hydrogen-bond donors (Lipinski definition) is 1. The van der Waals surface area contributed by atoms with Gasteiger partial charge in [0.2, 0.25) is 0 Å². The molecule has 0 amide bonds. The highest BCUT2D eigenvalue weighted by Crippen LogP contribution is 2.51. The maximum Gasteiger partial charge on any atom is 0.306 e. The number of carboxylic acid groups (broad SMARTS) is 1. The maximum atomic E-state index is 15.1. The van der Waals surface area contributed by atoms with Gasteiger partial charge in [0.1, 0.15) is 23.9 Å². The summed E-state index contributed by atoms with van der Waals surface area (Å²) in [5.74, 6) is 0.282. The molecule has 3 aromatic carbocycles. The summed E-state index contributed by atoms with van der Waals surface area (Å²) >= 11 is 0. The number of ether oxygens (including phenoxy) is 2. The van der Waals surface area contributed by atoms with Gasteiger partial charge in [0.25, 0.3) is 0 Å². The summed E-state index contributed by atoms with van der Waals surface area (Å²) in [5.41, 5.74) is 6.09. The molecule has 3 atom stereocenters. The number of aliphatic carboxylic acids is 1. The van der Waals surface area contributed by atoms with Crippen LogP contribution in [0.15, 0.2) is 54.6 Å². The summed E-state index contributed by atoms with van der Waals surface area (Å²) in [7, 11) is 1.60. The number of carbonyl (C=O) groups is 1. The third-order valence-electron chi connectivity index (χ3n) is 8.85. The van der Waals surface area contributed by atoms with Crippen molar-refractivity contribution >= 4 is 5.97 Å². The molecular weight excluding hydrogens is 479 g/mol. The van der Waals surface area contributed by atoms with Crippen molar-refractivity contribution in [2.24, 2.45) is 11.3 Å². The Labute approximate surface area is 224 Å². The minimum atomic E-state index is -0.760. The second-order valence-electron chi connectivity index (χ2n) is 11.6. The zero-order valence-corrected chi connectivity index (χ0v) is 22.7. The number of fused-ring (bicyclic) bond motifs is 1. The molecule has 2 aliphatic carbocycles. The van der Waals surface area contributed by atoms with E-state index in [1.807, 2.05) is 24.3 Å². The van der Waals surface area contributed by atoms with Crippen molar-refractivity contribution in [1.29, 1.82) is 0 Å². The number of aryl methyl sites for hydroxylation is 1. The van der Waals surface area contributed by atoms with E-state index in [1.165, 1.54) is 11.6 Å². The topological polar surface area (TPSA) is 55.8 Å². The van der Waals surface area contributed by atoms with Crippen LogP contribution < -0.4 is 9.47 Å². The van der Waals surface area contributed by atoms with Gasteiger partial charge in [-0.15, -0.1) is 0 Å². The molecule has 0 aliphatic heterocycles. The number of hydrogen-bond acceptors (Lipinski definition) is 3. The van der Waals surface area contributed by atoms with E-state index in [0.717, 1.165) is 60.1 Å². The molecule has 0 bridgehead atoms. The molecule has 0 spiro atoms. The number of benzene rings is 3. The largest absolute Gasteiger partial charge is 0.497 e. The Morgan fingerprint density at radius 2 is 1.82 bits per heavy atom. The van der Waals surface area contributed by atoms with Crippen LogP contribution in [-0.4, -0.2) is 18.2 Å². The summed E-state index contributed by atoms with van der Waals surface area (Å²) in [4.78, 5) is 11.6. The van der Waals surface area contributed by atoms with Crippen molar-refractivity contribution in [3.05, 3.63) is 82.7 Å². The Kier molecular flexibility index (Phi) is 7.21. The molecule has 3 aromatic rings. The zero-order chi connectivity index (χ0) is 27.0. The highest BCUT2D eigenvalue weighted by atomic mass is 19.1. The normalized spacial score (nSPS) is 20.7. The van der Waals surface area contributed by atoms with Crippen LogP contribution in [0.4, 0.5) is 4.39 Å². The van der Waals surface area contributed by atoms with Crippen LogP contribution in [-0.2, 0) is 17.8 Å². The minimum Gasteiger partial charge on any atom is -0.497 e. The lowest BCUT2D eigenvalue weighted by Crippen LogP contribution is -2.17. The van der Waals surface area contributed by atoms with Crippen molar-refractivity contribution < 1.29 is 23.8 Å². The monoisotopic (exact) mass is 516 g/mol. The van der Waals surface area contributed by atoms with Gasteiger partial charge >= 0.3 is 5.97 Å². The predicted molar refractivity (Wildman–Crippen MR) is 147 cm³/mol. The number of methoxy groups -OCH3 is 1. The van der Waals surface area contributed by atoms with Gasteiger partial charge < -0.3 is 14.6 Å². The van der Waals surface area contributed by atoms with Crippen LogP contribution in [0.5, 0.6) is 11.5 Å². The fraction of sp³-hybridized carbons (Fsp3) is 0.424. The van der Waals surface area contributed by atoms with Gasteiger partial charge in [-0.25, -0.2) is 4.39 Å². The third kappa shape index (κ3) is 5.03. The molecule has 0 radical (unpaired) electrons. The highest BCUT2D eigenvalue weighted by molar-refractivity contribution is 5.72. The van der Waals surface area contributed by atoms with Crippen LogP contribution in [0.25, 0.3) is 11.1 Å². The van der Waals surface area contributed by atoms with Crippen LogP contribution >= 0.6 is 0 Å². The Bertz CT molecular complexity index is 1340. The van der Waals surface area contributed by atoms with Gasteiger partial charge in [-0.05, 0) is 101 Å².